The maximum absolute atomic E-state index is 12.9. The molecule has 0 saturated carbocycles. The van der Waals surface area contributed by atoms with Crippen LogP contribution in [0.25, 0.3) is 0 Å². The molecule has 1 unspecified atom stereocenters. The lowest BCUT2D eigenvalue weighted by atomic mass is 9.69. The van der Waals surface area contributed by atoms with Gasteiger partial charge >= 0.3 is 5.97 Å². The first-order valence-corrected chi connectivity index (χ1v) is 7.56. The lowest BCUT2D eigenvalue weighted by Gasteiger charge is -2.29. The highest BCUT2D eigenvalue weighted by atomic mass is 16.4. The normalized spacial score (nSPS) is 19.4. The number of hydrogen-bond donors (Lipinski definition) is 2. The first-order valence-electron chi connectivity index (χ1n) is 7.56. The molecule has 1 aliphatic rings. The Morgan fingerprint density at radius 1 is 1.30 bits per heavy atom. The molecule has 0 aromatic heterocycles. The van der Waals surface area contributed by atoms with E-state index in [0.29, 0.717) is 29.8 Å². The van der Waals surface area contributed by atoms with Crippen molar-refractivity contribution >= 4 is 29.1 Å². The number of hydrogen-bond acceptors (Lipinski definition) is 4. The average molecular weight is 316 g/mol. The second-order valence-corrected chi connectivity index (χ2v) is 5.98. The van der Waals surface area contributed by atoms with Crippen LogP contribution in [-0.2, 0) is 15.0 Å². The van der Waals surface area contributed by atoms with Crippen LogP contribution in [0, 0.1) is 5.92 Å². The van der Waals surface area contributed by atoms with Crippen molar-refractivity contribution in [3.63, 3.8) is 0 Å². The molecule has 1 amide bonds. The van der Waals surface area contributed by atoms with Crippen LogP contribution in [0.15, 0.2) is 23.2 Å². The molecule has 0 aliphatic carbocycles. The van der Waals surface area contributed by atoms with E-state index in [1.165, 1.54) is 18.2 Å². The number of aliphatic imine (C=N–C) groups is 1. The van der Waals surface area contributed by atoms with E-state index in [0.717, 1.165) is 0 Å². The minimum Gasteiger partial charge on any atom is -0.478 e. The van der Waals surface area contributed by atoms with Crippen molar-refractivity contribution < 1.29 is 19.5 Å². The summed E-state index contributed by atoms with van der Waals surface area (Å²) in [4.78, 5) is 40.8. The van der Waals surface area contributed by atoms with Crippen molar-refractivity contribution in [3.8, 4) is 0 Å². The smallest absolute Gasteiger partial charge is 0.335 e. The number of carbonyl (C=O) groups excluding carboxylic acids is 2. The third kappa shape index (κ3) is 2.44. The van der Waals surface area contributed by atoms with Crippen molar-refractivity contribution in [1.82, 2.24) is 0 Å². The SMILES string of the molecule is CCCC1=Nc2cc(C(=O)O)ccc2C1(C(N)=O)C(=O)C(C)C. The van der Waals surface area contributed by atoms with E-state index in [-0.39, 0.29) is 11.3 Å². The van der Waals surface area contributed by atoms with Gasteiger partial charge in [-0.1, -0.05) is 33.3 Å². The highest BCUT2D eigenvalue weighted by molar-refractivity contribution is 6.33. The molecule has 6 heteroatoms. The number of carboxylic acids is 1. The van der Waals surface area contributed by atoms with E-state index in [4.69, 9.17) is 10.8 Å². The highest BCUT2D eigenvalue weighted by Crippen LogP contribution is 2.44. The zero-order chi connectivity index (χ0) is 17.4. The van der Waals surface area contributed by atoms with Crippen LogP contribution in [0.3, 0.4) is 0 Å². The monoisotopic (exact) mass is 316 g/mol. The van der Waals surface area contributed by atoms with Gasteiger partial charge in [-0.3, -0.25) is 14.6 Å². The van der Waals surface area contributed by atoms with Gasteiger partial charge in [-0.25, -0.2) is 4.79 Å². The number of benzene rings is 1. The molecular formula is C17H20N2O4. The summed E-state index contributed by atoms with van der Waals surface area (Å²) in [6.45, 7) is 5.33. The molecule has 6 nitrogen and oxygen atoms in total. The number of Topliss-reactive ketones (excluding diaryl/α,β-unsaturated/α-hetero) is 1. The summed E-state index contributed by atoms with van der Waals surface area (Å²) in [5, 5.41) is 9.12. The van der Waals surface area contributed by atoms with Crippen LogP contribution in [0.4, 0.5) is 5.69 Å². The molecule has 1 heterocycles. The Balaban J connectivity index is 2.76. The zero-order valence-electron chi connectivity index (χ0n) is 13.4. The first-order chi connectivity index (χ1) is 10.8. The van der Waals surface area contributed by atoms with Gasteiger partial charge in [-0.05, 0) is 18.6 Å². The zero-order valence-corrected chi connectivity index (χ0v) is 13.4. The van der Waals surface area contributed by atoms with Gasteiger partial charge in [0.2, 0.25) is 5.91 Å². The topological polar surface area (TPSA) is 110 Å². The number of nitrogens with zero attached hydrogens (tertiary/aromatic N) is 1. The molecule has 0 bridgehead atoms. The number of ketones is 1. The molecule has 0 fully saturated rings. The molecular weight excluding hydrogens is 296 g/mol. The van der Waals surface area contributed by atoms with E-state index < -0.39 is 23.2 Å². The van der Waals surface area contributed by atoms with Crippen molar-refractivity contribution in [2.75, 3.05) is 0 Å². The van der Waals surface area contributed by atoms with Gasteiger partial charge in [-0.2, -0.15) is 0 Å². The minimum atomic E-state index is -1.59. The van der Waals surface area contributed by atoms with E-state index >= 15 is 0 Å². The molecule has 1 atom stereocenters. The van der Waals surface area contributed by atoms with Gasteiger partial charge < -0.3 is 10.8 Å². The summed E-state index contributed by atoms with van der Waals surface area (Å²) in [6, 6.07) is 4.23. The molecule has 3 N–H and O–H groups in total. The first kappa shape index (κ1) is 16.9. The Kier molecular flexibility index (Phi) is 4.36. The maximum Gasteiger partial charge on any atom is 0.335 e. The molecule has 23 heavy (non-hydrogen) atoms. The van der Waals surface area contributed by atoms with Crippen molar-refractivity contribution in [2.24, 2.45) is 16.6 Å². The third-order valence-corrected chi connectivity index (χ3v) is 4.09. The number of carbonyl (C=O) groups is 3. The van der Waals surface area contributed by atoms with Gasteiger partial charge in [0.25, 0.3) is 0 Å². The van der Waals surface area contributed by atoms with Crippen molar-refractivity contribution in [1.29, 1.82) is 0 Å². The number of rotatable bonds is 6. The van der Waals surface area contributed by atoms with Crippen molar-refractivity contribution in [3.05, 3.63) is 29.3 Å². The van der Waals surface area contributed by atoms with E-state index in [1.807, 2.05) is 6.92 Å². The Morgan fingerprint density at radius 3 is 2.43 bits per heavy atom. The Bertz CT molecular complexity index is 721. The fraction of sp³-hybridized carbons (Fsp3) is 0.412. The van der Waals surface area contributed by atoms with Crippen molar-refractivity contribution in [2.45, 2.75) is 39.0 Å². The molecule has 2 rings (SSSR count). The number of fused-ring (bicyclic) bond motifs is 1. The fourth-order valence-electron chi connectivity index (χ4n) is 3.04. The van der Waals surface area contributed by atoms with Crippen LogP contribution < -0.4 is 5.73 Å². The number of nitrogens with two attached hydrogens (primary N) is 1. The summed E-state index contributed by atoms with van der Waals surface area (Å²) in [7, 11) is 0. The van der Waals surface area contributed by atoms with E-state index in [2.05, 4.69) is 4.99 Å². The van der Waals surface area contributed by atoms with Crippen LogP contribution >= 0.6 is 0 Å². The lowest BCUT2D eigenvalue weighted by molar-refractivity contribution is -0.133. The summed E-state index contributed by atoms with van der Waals surface area (Å²) in [6.07, 6.45) is 1.14. The Labute approximate surface area is 134 Å². The quantitative estimate of drug-likeness (QED) is 0.784. The van der Waals surface area contributed by atoms with E-state index in [9.17, 15) is 14.4 Å². The van der Waals surface area contributed by atoms with Gasteiger partial charge in [-0.15, -0.1) is 0 Å². The van der Waals surface area contributed by atoms with Crippen LogP contribution in [-0.4, -0.2) is 28.5 Å². The summed E-state index contributed by atoms with van der Waals surface area (Å²) in [5.41, 5.74) is 5.24. The largest absolute Gasteiger partial charge is 0.478 e. The molecule has 0 saturated heterocycles. The standard InChI is InChI=1S/C17H20N2O4/c1-4-5-13-17(16(18)23,14(20)9(2)3)11-7-6-10(15(21)22)8-12(11)19-13/h6-9H,4-5H2,1-3H3,(H2,18,23)(H,21,22). The lowest BCUT2D eigenvalue weighted by Crippen LogP contribution is -2.53. The summed E-state index contributed by atoms with van der Waals surface area (Å²) < 4.78 is 0. The second kappa shape index (κ2) is 5.95. The van der Waals surface area contributed by atoms with E-state index in [1.54, 1.807) is 13.8 Å². The Morgan fingerprint density at radius 2 is 1.96 bits per heavy atom. The number of primary amides is 1. The molecule has 1 aromatic rings. The van der Waals surface area contributed by atoms with Gasteiger partial charge in [0, 0.05) is 17.2 Å². The van der Waals surface area contributed by atoms with Crippen LogP contribution in [0.5, 0.6) is 0 Å². The molecule has 122 valence electrons. The predicted molar refractivity (Wildman–Crippen MR) is 86.1 cm³/mol. The molecule has 0 radical (unpaired) electrons. The predicted octanol–water partition coefficient (Wildman–Crippen LogP) is 2.22. The maximum atomic E-state index is 12.9. The van der Waals surface area contributed by atoms with Gasteiger partial charge in [0.1, 0.15) is 0 Å². The molecule has 1 aromatic carbocycles. The van der Waals surface area contributed by atoms with Gasteiger partial charge in [0.05, 0.1) is 11.3 Å². The summed E-state index contributed by atoms with van der Waals surface area (Å²) >= 11 is 0. The second-order valence-electron chi connectivity index (χ2n) is 5.98. The summed E-state index contributed by atoms with van der Waals surface area (Å²) in [5.74, 6) is -2.56. The van der Waals surface area contributed by atoms with Crippen LogP contribution in [0.1, 0.15) is 49.5 Å². The number of aromatic carboxylic acids is 1. The molecule has 0 spiro atoms. The number of amides is 1. The number of carboxylic acid groups (broad SMARTS) is 1. The minimum absolute atomic E-state index is 0.0561. The third-order valence-electron chi connectivity index (χ3n) is 4.09. The average Bonchev–Trinajstić information content (AvgIpc) is 2.80. The van der Waals surface area contributed by atoms with Crippen LogP contribution in [0.2, 0.25) is 0 Å². The van der Waals surface area contributed by atoms with Gasteiger partial charge in [0.15, 0.2) is 11.2 Å². The molecule has 1 aliphatic heterocycles. The highest BCUT2D eigenvalue weighted by Gasteiger charge is 2.54. The Hall–Kier alpha value is -2.50. The fourth-order valence-corrected chi connectivity index (χ4v) is 3.04.